The summed E-state index contributed by atoms with van der Waals surface area (Å²) in [6.45, 7) is 0. The molecule has 0 bridgehead atoms. The van der Waals surface area contributed by atoms with E-state index in [1.165, 1.54) is 12.1 Å². The lowest BCUT2D eigenvalue weighted by Crippen LogP contribution is -2.18. The maximum absolute atomic E-state index is 14.3. The summed E-state index contributed by atoms with van der Waals surface area (Å²) in [7, 11) is 0. The highest BCUT2D eigenvalue weighted by Gasteiger charge is 2.20. The Bertz CT molecular complexity index is 1450. The van der Waals surface area contributed by atoms with Gasteiger partial charge in [-0.25, -0.2) is 8.78 Å². The predicted molar refractivity (Wildman–Crippen MR) is 124 cm³/mol. The molecule has 2 nitrogen and oxygen atoms in total. The molecule has 32 heavy (non-hydrogen) atoms. The number of pyridine rings is 1. The predicted octanol–water partition coefficient (Wildman–Crippen LogP) is 6.53. The monoisotopic (exact) mass is 423 g/mol. The highest BCUT2D eigenvalue weighted by Crippen LogP contribution is 2.32. The summed E-state index contributed by atoms with van der Waals surface area (Å²) >= 11 is 0. The zero-order valence-corrected chi connectivity index (χ0v) is 17.1. The second-order valence-electron chi connectivity index (χ2n) is 7.66. The van der Waals surface area contributed by atoms with Crippen molar-refractivity contribution in [1.29, 1.82) is 0 Å². The fraction of sp³-hybridized carbons (Fsp3) is 0.0357. The van der Waals surface area contributed by atoms with Crippen molar-refractivity contribution >= 4 is 10.9 Å². The molecule has 5 aromatic rings. The van der Waals surface area contributed by atoms with Gasteiger partial charge < -0.3 is 4.57 Å². The van der Waals surface area contributed by atoms with Gasteiger partial charge in [0.05, 0.1) is 11.2 Å². The molecule has 0 aliphatic rings. The number of nitrogens with zero attached hydrogens (tertiary/aromatic N) is 1. The topological polar surface area (TPSA) is 22.0 Å². The minimum Gasteiger partial charge on any atom is -0.309 e. The highest BCUT2D eigenvalue weighted by atomic mass is 19.1. The van der Waals surface area contributed by atoms with Crippen LogP contribution < -0.4 is 5.43 Å². The van der Waals surface area contributed by atoms with Crippen LogP contribution in [0, 0.1) is 11.6 Å². The zero-order valence-electron chi connectivity index (χ0n) is 17.1. The van der Waals surface area contributed by atoms with E-state index < -0.39 is 11.6 Å². The van der Waals surface area contributed by atoms with Gasteiger partial charge in [0.15, 0.2) is 5.43 Å². The van der Waals surface area contributed by atoms with Crippen LogP contribution in [0.5, 0.6) is 0 Å². The molecule has 1 heterocycles. The van der Waals surface area contributed by atoms with Crippen LogP contribution in [0.3, 0.4) is 0 Å². The Morgan fingerprint density at radius 1 is 0.688 bits per heavy atom. The molecule has 0 amide bonds. The van der Waals surface area contributed by atoms with Crippen molar-refractivity contribution in [3.63, 3.8) is 0 Å². The van der Waals surface area contributed by atoms with Crippen LogP contribution in [0.25, 0.3) is 27.8 Å². The van der Waals surface area contributed by atoms with Crippen molar-refractivity contribution < 1.29 is 8.78 Å². The summed E-state index contributed by atoms with van der Waals surface area (Å²) in [6.07, 6.45) is 0.338. The molecule has 5 rings (SSSR count). The van der Waals surface area contributed by atoms with Crippen molar-refractivity contribution in [3.05, 3.63) is 136 Å². The van der Waals surface area contributed by atoms with E-state index in [4.69, 9.17) is 0 Å². The average molecular weight is 423 g/mol. The molecule has 0 saturated heterocycles. The van der Waals surface area contributed by atoms with Gasteiger partial charge in [0.1, 0.15) is 11.6 Å². The number of benzene rings is 4. The normalized spacial score (nSPS) is 11.1. The molecule has 0 N–H and O–H groups in total. The Morgan fingerprint density at radius 2 is 1.28 bits per heavy atom. The van der Waals surface area contributed by atoms with Crippen molar-refractivity contribution in [2.75, 3.05) is 0 Å². The van der Waals surface area contributed by atoms with E-state index in [9.17, 15) is 13.6 Å². The Morgan fingerprint density at radius 3 is 1.97 bits per heavy atom. The molecule has 4 heteroatoms. The van der Waals surface area contributed by atoms with E-state index in [0.29, 0.717) is 34.1 Å². The van der Waals surface area contributed by atoms with Crippen molar-refractivity contribution in [2.24, 2.45) is 0 Å². The molecular weight excluding hydrogens is 404 g/mol. The first-order valence-electron chi connectivity index (χ1n) is 10.3. The number of para-hydroxylation sites is 2. The number of rotatable bonds is 4. The average Bonchev–Trinajstić information content (AvgIpc) is 2.81. The van der Waals surface area contributed by atoms with Crippen LogP contribution in [-0.4, -0.2) is 4.57 Å². The van der Waals surface area contributed by atoms with Crippen molar-refractivity contribution in [2.45, 2.75) is 6.42 Å². The maximum Gasteiger partial charge on any atom is 0.193 e. The van der Waals surface area contributed by atoms with Gasteiger partial charge in [0.25, 0.3) is 0 Å². The van der Waals surface area contributed by atoms with Gasteiger partial charge in [0, 0.05) is 34.7 Å². The number of fused-ring (bicyclic) bond motifs is 1. The third-order valence-electron chi connectivity index (χ3n) is 5.55. The quantitative estimate of drug-likeness (QED) is 0.322. The molecule has 0 unspecified atom stereocenters. The van der Waals surface area contributed by atoms with Crippen LogP contribution >= 0.6 is 0 Å². The zero-order chi connectivity index (χ0) is 22.1. The van der Waals surface area contributed by atoms with E-state index in [-0.39, 0.29) is 5.43 Å². The fourth-order valence-corrected chi connectivity index (χ4v) is 4.19. The molecule has 0 fully saturated rings. The SMILES string of the molecule is O=c1c(Cc2ccccc2)c(-c2cc(F)cc(F)c2)n(-c2ccccc2)c2ccccc12. The second kappa shape index (κ2) is 8.23. The van der Waals surface area contributed by atoms with Crippen LogP contribution in [0.15, 0.2) is 108 Å². The summed E-state index contributed by atoms with van der Waals surface area (Å²) < 4.78 is 30.5. The Labute approximate surface area is 184 Å². The molecule has 0 spiro atoms. The first-order chi connectivity index (χ1) is 15.6. The van der Waals surface area contributed by atoms with E-state index in [1.807, 2.05) is 83.4 Å². The summed E-state index contributed by atoms with van der Waals surface area (Å²) in [5.74, 6) is -1.38. The summed E-state index contributed by atoms with van der Waals surface area (Å²) in [5.41, 5.74) is 3.58. The molecular formula is C28H19F2NO. The summed E-state index contributed by atoms with van der Waals surface area (Å²) in [6, 6.07) is 29.9. The highest BCUT2D eigenvalue weighted by molar-refractivity contribution is 5.86. The lowest BCUT2D eigenvalue weighted by Gasteiger charge is -2.21. The van der Waals surface area contributed by atoms with Gasteiger partial charge in [-0.3, -0.25) is 4.79 Å². The van der Waals surface area contributed by atoms with Gasteiger partial charge in [-0.1, -0.05) is 60.7 Å². The van der Waals surface area contributed by atoms with E-state index >= 15 is 0 Å². The second-order valence-corrected chi connectivity index (χ2v) is 7.66. The number of hydrogen-bond donors (Lipinski definition) is 0. The lowest BCUT2D eigenvalue weighted by molar-refractivity contribution is 0.584. The molecule has 0 atom stereocenters. The maximum atomic E-state index is 14.3. The van der Waals surface area contributed by atoms with E-state index in [0.717, 1.165) is 17.3 Å². The summed E-state index contributed by atoms with van der Waals surface area (Å²) in [4.78, 5) is 13.7. The summed E-state index contributed by atoms with van der Waals surface area (Å²) in [5, 5.41) is 0.558. The molecule has 4 aromatic carbocycles. The van der Waals surface area contributed by atoms with Crippen LogP contribution in [0.1, 0.15) is 11.1 Å². The van der Waals surface area contributed by atoms with Gasteiger partial charge in [-0.2, -0.15) is 0 Å². The van der Waals surface area contributed by atoms with Crippen LogP contribution in [0.2, 0.25) is 0 Å². The van der Waals surface area contributed by atoms with E-state index in [2.05, 4.69) is 0 Å². The molecule has 1 aromatic heterocycles. The minimum absolute atomic E-state index is 0.142. The third-order valence-corrected chi connectivity index (χ3v) is 5.55. The molecule has 0 radical (unpaired) electrons. The molecule has 0 aliphatic heterocycles. The van der Waals surface area contributed by atoms with Crippen LogP contribution in [-0.2, 0) is 6.42 Å². The minimum atomic E-state index is -0.689. The Hall–Kier alpha value is -4.05. The molecule has 0 aliphatic carbocycles. The van der Waals surface area contributed by atoms with Gasteiger partial charge in [-0.15, -0.1) is 0 Å². The number of halogens is 2. The van der Waals surface area contributed by atoms with Crippen LogP contribution in [0.4, 0.5) is 8.78 Å². The first-order valence-corrected chi connectivity index (χ1v) is 10.3. The van der Waals surface area contributed by atoms with Crippen molar-refractivity contribution in [3.8, 4) is 16.9 Å². The van der Waals surface area contributed by atoms with Gasteiger partial charge in [0.2, 0.25) is 0 Å². The first kappa shape index (κ1) is 19.9. The number of aromatic nitrogens is 1. The number of hydrogen-bond acceptors (Lipinski definition) is 1. The van der Waals surface area contributed by atoms with Gasteiger partial charge >= 0.3 is 0 Å². The largest absolute Gasteiger partial charge is 0.309 e. The fourth-order valence-electron chi connectivity index (χ4n) is 4.19. The van der Waals surface area contributed by atoms with E-state index in [1.54, 1.807) is 6.07 Å². The Balaban J connectivity index is 1.95. The third kappa shape index (κ3) is 3.60. The molecule has 0 saturated carbocycles. The van der Waals surface area contributed by atoms with Crippen molar-refractivity contribution in [1.82, 2.24) is 4.57 Å². The molecule has 156 valence electrons. The Kier molecular flexibility index (Phi) is 5.12. The van der Waals surface area contributed by atoms with Gasteiger partial charge in [-0.05, 0) is 42.0 Å². The smallest absolute Gasteiger partial charge is 0.193 e. The standard InChI is InChI=1S/C28H19F2NO/c29-21-16-20(17-22(30)18-21)27-25(15-19-9-3-1-4-10-19)28(32)24-13-7-8-14-26(24)31(27)23-11-5-2-6-12-23/h1-14,16-18H,15H2. The lowest BCUT2D eigenvalue weighted by atomic mass is 9.95.